The van der Waals surface area contributed by atoms with Crippen molar-refractivity contribution in [2.45, 2.75) is 51.0 Å². The number of carbonyl (C=O) groups is 1. The van der Waals surface area contributed by atoms with Gasteiger partial charge in [0.05, 0.1) is 11.4 Å². The van der Waals surface area contributed by atoms with Crippen molar-refractivity contribution < 1.29 is 4.79 Å². The summed E-state index contributed by atoms with van der Waals surface area (Å²) in [7, 11) is 0. The van der Waals surface area contributed by atoms with E-state index < -0.39 is 0 Å². The molecule has 2 saturated heterocycles. The van der Waals surface area contributed by atoms with Crippen LogP contribution in [-0.4, -0.2) is 31.6 Å². The highest BCUT2D eigenvalue weighted by Crippen LogP contribution is 2.28. The van der Waals surface area contributed by atoms with Gasteiger partial charge in [0.25, 0.3) is 0 Å². The summed E-state index contributed by atoms with van der Waals surface area (Å²) in [5, 5.41) is 6.52. The van der Waals surface area contributed by atoms with Gasteiger partial charge in [0.15, 0.2) is 0 Å². The molecule has 1 amide bonds. The number of rotatable bonds is 4. The third-order valence-corrected chi connectivity index (χ3v) is 4.72. The third kappa shape index (κ3) is 4.01. The van der Waals surface area contributed by atoms with E-state index in [1.807, 2.05) is 12.1 Å². The predicted molar refractivity (Wildman–Crippen MR) is 91.4 cm³/mol. The normalized spacial score (nSPS) is 22.4. The molecule has 22 heavy (non-hydrogen) atoms. The molecular formula is C18H27N3O. The minimum absolute atomic E-state index is 0.127. The largest absolute Gasteiger partial charge is 0.370 e. The van der Waals surface area contributed by atoms with Crippen LogP contribution in [0.15, 0.2) is 24.3 Å². The fraction of sp³-hybridized carbons (Fsp3) is 0.611. The molecule has 2 heterocycles. The number of anilines is 2. The Morgan fingerprint density at radius 3 is 2.64 bits per heavy atom. The van der Waals surface area contributed by atoms with E-state index in [0.29, 0.717) is 12.5 Å². The second-order valence-corrected chi connectivity index (χ2v) is 6.46. The molecule has 3 rings (SSSR count). The van der Waals surface area contributed by atoms with E-state index in [0.717, 1.165) is 31.7 Å². The maximum Gasteiger partial charge on any atom is 0.225 e. The molecule has 0 aliphatic carbocycles. The van der Waals surface area contributed by atoms with Crippen LogP contribution in [0.4, 0.5) is 11.4 Å². The number of nitrogens with zero attached hydrogens (tertiary/aromatic N) is 1. The fourth-order valence-electron chi connectivity index (χ4n) is 3.52. The van der Waals surface area contributed by atoms with Gasteiger partial charge >= 0.3 is 0 Å². The van der Waals surface area contributed by atoms with Crippen LogP contribution in [0.2, 0.25) is 0 Å². The van der Waals surface area contributed by atoms with E-state index in [4.69, 9.17) is 0 Å². The van der Waals surface area contributed by atoms with E-state index in [9.17, 15) is 4.79 Å². The summed E-state index contributed by atoms with van der Waals surface area (Å²) in [4.78, 5) is 14.7. The molecule has 4 nitrogen and oxygen atoms in total. The van der Waals surface area contributed by atoms with Crippen LogP contribution in [0, 0.1) is 0 Å². The number of benzene rings is 1. The molecule has 0 bridgehead atoms. The highest BCUT2D eigenvalue weighted by atomic mass is 16.1. The number of hydrogen-bond donors (Lipinski definition) is 2. The lowest BCUT2D eigenvalue weighted by atomic mass is 10.1. The lowest BCUT2D eigenvalue weighted by Gasteiger charge is -2.25. The first-order valence-corrected chi connectivity index (χ1v) is 8.70. The number of para-hydroxylation sites is 2. The number of nitrogens with one attached hydrogen (secondary N) is 2. The first-order valence-electron chi connectivity index (χ1n) is 8.70. The van der Waals surface area contributed by atoms with Crippen molar-refractivity contribution in [3.63, 3.8) is 0 Å². The van der Waals surface area contributed by atoms with Gasteiger partial charge in [-0.25, -0.2) is 0 Å². The van der Waals surface area contributed by atoms with Crippen LogP contribution >= 0.6 is 0 Å². The molecule has 1 atom stereocenters. The molecule has 1 aromatic rings. The zero-order valence-electron chi connectivity index (χ0n) is 13.3. The van der Waals surface area contributed by atoms with Gasteiger partial charge in [-0.3, -0.25) is 4.79 Å². The van der Waals surface area contributed by atoms with Gasteiger partial charge in [-0.05, 0) is 44.4 Å². The Morgan fingerprint density at radius 1 is 1.14 bits per heavy atom. The molecule has 2 aliphatic rings. The van der Waals surface area contributed by atoms with Crippen LogP contribution in [0.25, 0.3) is 0 Å². The highest BCUT2D eigenvalue weighted by Gasteiger charge is 2.19. The number of hydrogen-bond acceptors (Lipinski definition) is 3. The van der Waals surface area contributed by atoms with Crippen LogP contribution in [0.1, 0.15) is 44.9 Å². The lowest BCUT2D eigenvalue weighted by Crippen LogP contribution is -2.29. The first kappa shape index (κ1) is 15.3. The van der Waals surface area contributed by atoms with Crippen molar-refractivity contribution in [2.24, 2.45) is 0 Å². The Kier molecular flexibility index (Phi) is 5.33. The number of carbonyl (C=O) groups excluding carboxylic acids is 1. The Balaban J connectivity index is 1.66. The van der Waals surface area contributed by atoms with E-state index >= 15 is 0 Å². The summed E-state index contributed by atoms with van der Waals surface area (Å²) in [5.74, 6) is 0.127. The third-order valence-electron chi connectivity index (χ3n) is 4.72. The van der Waals surface area contributed by atoms with Gasteiger partial charge in [0, 0.05) is 25.6 Å². The van der Waals surface area contributed by atoms with Gasteiger partial charge < -0.3 is 15.5 Å². The van der Waals surface area contributed by atoms with Gasteiger partial charge in [0.1, 0.15) is 0 Å². The van der Waals surface area contributed by atoms with E-state index in [1.165, 1.54) is 37.8 Å². The molecule has 2 fully saturated rings. The molecule has 2 N–H and O–H groups in total. The van der Waals surface area contributed by atoms with E-state index in [1.54, 1.807) is 0 Å². The second-order valence-electron chi connectivity index (χ2n) is 6.46. The van der Waals surface area contributed by atoms with Crippen molar-refractivity contribution in [2.75, 3.05) is 29.9 Å². The maximum absolute atomic E-state index is 12.3. The second kappa shape index (κ2) is 7.63. The monoisotopic (exact) mass is 301 g/mol. The molecular weight excluding hydrogens is 274 g/mol. The summed E-state index contributed by atoms with van der Waals surface area (Å²) in [6, 6.07) is 8.58. The Bertz CT molecular complexity index is 489. The van der Waals surface area contributed by atoms with E-state index in [2.05, 4.69) is 27.7 Å². The summed E-state index contributed by atoms with van der Waals surface area (Å²) in [6.45, 7) is 3.23. The summed E-state index contributed by atoms with van der Waals surface area (Å²) in [5.41, 5.74) is 2.14. The minimum atomic E-state index is 0.127. The van der Waals surface area contributed by atoms with Crippen LogP contribution in [-0.2, 0) is 4.79 Å². The fourth-order valence-corrected chi connectivity index (χ4v) is 3.52. The number of amides is 1. The van der Waals surface area contributed by atoms with Crippen molar-refractivity contribution in [3.05, 3.63) is 24.3 Å². The first-order chi connectivity index (χ1) is 10.8. The van der Waals surface area contributed by atoms with Gasteiger partial charge in [-0.15, -0.1) is 0 Å². The molecule has 1 unspecified atom stereocenters. The molecule has 0 saturated carbocycles. The average molecular weight is 301 g/mol. The smallest absolute Gasteiger partial charge is 0.225 e. The van der Waals surface area contributed by atoms with Crippen LogP contribution < -0.4 is 15.5 Å². The molecule has 0 radical (unpaired) electrons. The zero-order valence-corrected chi connectivity index (χ0v) is 13.3. The summed E-state index contributed by atoms with van der Waals surface area (Å²) < 4.78 is 0. The SMILES string of the molecule is O=C(CC1CCCN1)Nc1ccccc1N1CCCCCC1. The predicted octanol–water partition coefficient (Wildman–Crippen LogP) is 3.15. The Hall–Kier alpha value is -1.55. The maximum atomic E-state index is 12.3. The Morgan fingerprint density at radius 2 is 1.91 bits per heavy atom. The van der Waals surface area contributed by atoms with E-state index in [-0.39, 0.29) is 5.91 Å². The van der Waals surface area contributed by atoms with Crippen LogP contribution in [0.3, 0.4) is 0 Å². The topological polar surface area (TPSA) is 44.4 Å². The molecule has 120 valence electrons. The minimum Gasteiger partial charge on any atom is -0.370 e. The zero-order chi connectivity index (χ0) is 15.2. The van der Waals surface area contributed by atoms with Crippen molar-refractivity contribution in [1.82, 2.24) is 5.32 Å². The quantitative estimate of drug-likeness (QED) is 0.898. The van der Waals surface area contributed by atoms with Gasteiger partial charge in [-0.1, -0.05) is 25.0 Å². The molecule has 0 spiro atoms. The van der Waals surface area contributed by atoms with Gasteiger partial charge in [0.2, 0.25) is 5.91 Å². The summed E-state index contributed by atoms with van der Waals surface area (Å²) in [6.07, 6.45) is 8.00. The molecule has 2 aliphatic heterocycles. The standard InChI is InChI=1S/C18H27N3O/c22-18(14-15-8-7-11-19-15)20-16-9-3-4-10-17(16)21-12-5-1-2-6-13-21/h3-4,9-10,15,19H,1-2,5-8,11-14H2,(H,20,22). The lowest BCUT2D eigenvalue weighted by molar-refractivity contribution is -0.116. The summed E-state index contributed by atoms with van der Waals surface area (Å²) >= 11 is 0. The van der Waals surface area contributed by atoms with Crippen molar-refractivity contribution >= 4 is 17.3 Å². The van der Waals surface area contributed by atoms with Crippen molar-refractivity contribution in [1.29, 1.82) is 0 Å². The van der Waals surface area contributed by atoms with Crippen LogP contribution in [0.5, 0.6) is 0 Å². The highest BCUT2D eigenvalue weighted by molar-refractivity contribution is 5.94. The molecule has 4 heteroatoms. The average Bonchev–Trinajstić information content (AvgIpc) is 2.87. The van der Waals surface area contributed by atoms with Gasteiger partial charge in [-0.2, -0.15) is 0 Å². The molecule has 1 aromatic carbocycles. The Labute approximate surface area is 133 Å². The molecule has 0 aromatic heterocycles. The van der Waals surface area contributed by atoms with Crippen molar-refractivity contribution in [3.8, 4) is 0 Å².